The fraction of sp³-hybridized carbons (Fsp3) is 0.167. The quantitative estimate of drug-likeness (QED) is 0.716. The minimum absolute atomic E-state index is 0.134. The fourth-order valence-corrected chi connectivity index (χ4v) is 2.68. The first kappa shape index (κ1) is 16.1. The summed E-state index contributed by atoms with van der Waals surface area (Å²) in [4.78, 5) is 21.6. The molecule has 0 aliphatic heterocycles. The molecular formula is C18H18N4OS. The summed E-state index contributed by atoms with van der Waals surface area (Å²) in [5.41, 5.74) is 1.69. The Kier molecular flexibility index (Phi) is 4.86. The van der Waals surface area contributed by atoms with E-state index in [1.54, 1.807) is 13.1 Å². The Balaban J connectivity index is 1.90. The maximum Gasteiger partial charge on any atom is 0.258 e. The van der Waals surface area contributed by atoms with Crippen molar-refractivity contribution >= 4 is 28.2 Å². The van der Waals surface area contributed by atoms with Crippen molar-refractivity contribution in [1.29, 1.82) is 0 Å². The molecule has 0 unspecified atom stereocenters. The predicted molar refractivity (Wildman–Crippen MR) is 99.7 cm³/mol. The van der Waals surface area contributed by atoms with Crippen molar-refractivity contribution in [2.24, 2.45) is 0 Å². The van der Waals surface area contributed by atoms with E-state index in [0.29, 0.717) is 34.9 Å². The van der Waals surface area contributed by atoms with Crippen LogP contribution in [0.15, 0.2) is 59.4 Å². The molecule has 0 saturated carbocycles. The van der Waals surface area contributed by atoms with Crippen LogP contribution in [-0.2, 0) is 13.1 Å². The Morgan fingerprint density at radius 3 is 2.58 bits per heavy atom. The lowest BCUT2D eigenvalue weighted by atomic mass is 10.2. The van der Waals surface area contributed by atoms with Crippen LogP contribution >= 0.6 is 12.2 Å². The number of nitrogens with one attached hydrogen (secondary N) is 2. The summed E-state index contributed by atoms with van der Waals surface area (Å²) in [7, 11) is 1.79. The minimum atomic E-state index is -0.134. The van der Waals surface area contributed by atoms with E-state index in [4.69, 9.17) is 12.2 Å². The van der Waals surface area contributed by atoms with E-state index in [1.807, 2.05) is 53.4 Å². The van der Waals surface area contributed by atoms with Crippen molar-refractivity contribution in [1.82, 2.24) is 20.2 Å². The molecule has 0 saturated heterocycles. The normalized spacial score (nSPS) is 10.5. The number of fused-ring (bicyclic) bond motifs is 1. The molecule has 1 heterocycles. The largest absolute Gasteiger partial charge is 0.366 e. The Labute approximate surface area is 145 Å². The zero-order chi connectivity index (χ0) is 16.9. The number of hydrogen-bond acceptors (Lipinski definition) is 3. The second-order valence-electron chi connectivity index (χ2n) is 5.43. The highest BCUT2D eigenvalue weighted by Crippen LogP contribution is 2.10. The van der Waals surface area contributed by atoms with Crippen LogP contribution in [-0.4, -0.2) is 27.0 Å². The van der Waals surface area contributed by atoms with Crippen LogP contribution in [0.1, 0.15) is 11.4 Å². The van der Waals surface area contributed by atoms with E-state index in [1.165, 1.54) is 0 Å². The Bertz CT molecular complexity index is 908. The van der Waals surface area contributed by atoms with E-state index in [2.05, 4.69) is 15.3 Å². The lowest BCUT2D eigenvalue weighted by Crippen LogP contribution is -2.37. The molecule has 0 bridgehead atoms. The number of hydrogen-bond donors (Lipinski definition) is 2. The molecule has 0 aliphatic carbocycles. The first-order valence-electron chi connectivity index (χ1n) is 7.66. The van der Waals surface area contributed by atoms with Gasteiger partial charge in [-0.1, -0.05) is 42.5 Å². The predicted octanol–water partition coefficient (Wildman–Crippen LogP) is 2.43. The van der Waals surface area contributed by atoms with E-state index < -0.39 is 0 Å². The Hall–Kier alpha value is -2.73. The molecule has 6 heteroatoms. The molecule has 0 fully saturated rings. The number of rotatable bonds is 4. The van der Waals surface area contributed by atoms with E-state index in [9.17, 15) is 4.79 Å². The fourth-order valence-electron chi connectivity index (χ4n) is 2.55. The van der Waals surface area contributed by atoms with Crippen LogP contribution in [0.2, 0.25) is 0 Å². The number of H-pyrrole nitrogens is 1. The third kappa shape index (κ3) is 3.60. The van der Waals surface area contributed by atoms with Gasteiger partial charge >= 0.3 is 0 Å². The molecule has 0 amide bonds. The molecule has 5 nitrogen and oxygen atoms in total. The van der Waals surface area contributed by atoms with Gasteiger partial charge in [-0.15, -0.1) is 0 Å². The van der Waals surface area contributed by atoms with Gasteiger partial charge in [0.15, 0.2) is 5.11 Å². The van der Waals surface area contributed by atoms with Crippen molar-refractivity contribution in [2.45, 2.75) is 13.1 Å². The highest BCUT2D eigenvalue weighted by atomic mass is 32.1. The lowest BCUT2D eigenvalue weighted by Gasteiger charge is -2.24. The van der Waals surface area contributed by atoms with Gasteiger partial charge in [-0.2, -0.15) is 0 Å². The molecule has 0 radical (unpaired) electrons. The minimum Gasteiger partial charge on any atom is -0.366 e. The topological polar surface area (TPSA) is 61.0 Å². The molecular weight excluding hydrogens is 320 g/mol. The number of aromatic amines is 1. The van der Waals surface area contributed by atoms with Gasteiger partial charge < -0.3 is 15.2 Å². The summed E-state index contributed by atoms with van der Waals surface area (Å²) in [6.45, 7) is 1.06. The van der Waals surface area contributed by atoms with Gasteiger partial charge in [0.05, 0.1) is 17.4 Å². The van der Waals surface area contributed by atoms with Gasteiger partial charge in [0, 0.05) is 13.6 Å². The van der Waals surface area contributed by atoms with E-state index >= 15 is 0 Å². The number of thiocarbonyl (C=S) groups is 1. The summed E-state index contributed by atoms with van der Waals surface area (Å²) < 4.78 is 0. The molecule has 1 aromatic heterocycles. The molecule has 0 atom stereocenters. The number of benzene rings is 2. The SMILES string of the molecule is CNC(=S)N(Cc1ccccc1)Cc1nc2ccccc2c(=O)[nH]1. The smallest absolute Gasteiger partial charge is 0.258 e. The summed E-state index contributed by atoms with van der Waals surface area (Å²) in [6, 6.07) is 17.4. The first-order chi connectivity index (χ1) is 11.7. The number of nitrogens with zero attached hydrogens (tertiary/aromatic N) is 2. The van der Waals surface area contributed by atoms with Crippen LogP contribution in [0, 0.1) is 0 Å². The van der Waals surface area contributed by atoms with Gasteiger partial charge in [-0.05, 0) is 29.9 Å². The lowest BCUT2D eigenvalue weighted by molar-refractivity contribution is 0.391. The molecule has 0 spiro atoms. The highest BCUT2D eigenvalue weighted by molar-refractivity contribution is 7.80. The second-order valence-corrected chi connectivity index (χ2v) is 5.81. The Morgan fingerprint density at radius 2 is 1.83 bits per heavy atom. The van der Waals surface area contributed by atoms with Crippen molar-refractivity contribution in [3.63, 3.8) is 0 Å². The molecule has 0 aliphatic rings. The zero-order valence-electron chi connectivity index (χ0n) is 13.3. The first-order valence-corrected chi connectivity index (χ1v) is 8.06. The van der Waals surface area contributed by atoms with Crippen LogP contribution in [0.25, 0.3) is 10.9 Å². The second kappa shape index (κ2) is 7.23. The van der Waals surface area contributed by atoms with Gasteiger partial charge in [-0.25, -0.2) is 4.98 Å². The third-order valence-electron chi connectivity index (χ3n) is 3.72. The van der Waals surface area contributed by atoms with E-state index in [0.717, 1.165) is 5.56 Å². The zero-order valence-corrected chi connectivity index (χ0v) is 14.1. The number of aromatic nitrogens is 2. The molecule has 122 valence electrons. The monoisotopic (exact) mass is 338 g/mol. The summed E-state index contributed by atoms with van der Waals surface area (Å²) >= 11 is 5.40. The summed E-state index contributed by atoms with van der Waals surface area (Å²) in [5.74, 6) is 0.590. The van der Waals surface area contributed by atoms with E-state index in [-0.39, 0.29) is 5.56 Å². The van der Waals surface area contributed by atoms with Crippen LogP contribution in [0.5, 0.6) is 0 Å². The van der Waals surface area contributed by atoms with Gasteiger partial charge in [0.1, 0.15) is 5.82 Å². The molecule has 2 N–H and O–H groups in total. The third-order valence-corrected chi connectivity index (χ3v) is 4.18. The van der Waals surface area contributed by atoms with Crippen LogP contribution < -0.4 is 10.9 Å². The maximum absolute atomic E-state index is 12.2. The molecule has 3 aromatic rings. The number of para-hydroxylation sites is 1. The van der Waals surface area contributed by atoms with Crippen molar-refractivity contribution in [3.8, 4) is 0 Å². The molecule has 2 aromatic carbocycles. The summed E-state index contributed by atoms with van der Waals surface area (Å²) in [5, 5.41) is 4.19. The average Bonchev–Trinajstić information content (AvgIpc) is 2.61. The van der Waals surface area contributed by atoms with Crippen molar-refractivity contribution in [3.05, 3.63) is 76.3 Å². The van der Waals surface area contributed by atoms with Gasteiger partial charge in [0.25, 0.3) is 5.56 Å². The van der Waals surface area contributed by atoms with Crippen LogP contribution in [0.4, 0.5) is 0 Å². The molecule has 24 heavy (non-hydrogen) atoms. The Morgan fingerprint density at radius 1 is 1.12 bits per heavy atom. The van der Waals surface area contributed by atoms with Crippen LogP contribution in [0.3, 0.4) is 0 Å². The standard InChI is InChI=1S/C18H18N4OS/c1-19-18(24)22(11-13-7-3-2-4-8-13)12-16-20-15-10-6-5-9-14(15)17(23)21-16/h2-10H,11-12H2,1H3,(H,19,24)(H,20,21,23). The van der Waals surface area contributed by atoms with Crippen molar-refractivity contribution in [2.75, 3.05) is 7.05 Å². The molecule has 3 rings (SSSR count). The summed E-state index contributed by atoms with van der Waals surface area (Å²) in [6.07, 6.45) is 0. The maximum atomic E-state index is 12.2. The van der Waals surface area contributed by atoms with Gasteiger partial charge in [-0.3, -0.25) is 4.79 Å². The average molecular weight is 338 g/mol. The highest BCUT2D eigenvalue weighted by Gasteiger charge is 2.12. The van der Waals surface area contributed by atoms with Gasteiger partial charge in [0.2, 0.25) is 0 Å². The van der Waals surface area contributed by atoms with Crippen molar-refractivity contribution < 1.29 is 0 Å².